The molecule has 0 spiro atoms. The molecular formula is C18H35BN2O2. The Morgan fingerprint density at radius 2 is 1.83 bits per heavy atom. The quantitative estimate of drug-likeness (QED) is 0.587. The van der Waals surface area contributed by atoms with Crippen molar-refractivity contribution in [3.05, 3.63) is 0 Å². The first kappa shape index (κ1) is 20.3. The van der Waals surface area contributed by atoms with Crippen molar-refractivity contribution in [1.82, 2.24) is 10.9 Å². The number of hydrazine groups is 1. The van der Waals surface area contributed by atoms with Crippen molar-refractivity contribution >= 4 is 13.9 Å². The summed E-state index contributed by atoms with van der Waals surface area (Å²) in [6.07, 6.45) is 6.11. The summed E-state index contributed by atoms with van der Waals surface area (Å²) in [4.78, 5) is 11.8. The minimum absolute atomic E-state index is 0.0750. The standard InChI is InChI=1S/C18H35BN2O2/c1-13-10-11-15(20-21-16(22)23-17(3,4)5)9-7-8-12-18(6,19)14(13)2/h13-15,20H,7-12H2,1-6H3,(H,21,22). The van der Waals surface area contributed by atoms with Crippen molar-refractivity contribution in [2.45, 2.75) is 97.0 Å². The van der Waals surface area contributed by atoms with Crippen molar-refractivity contribution < 1.29 is 9.53 Å². The van der Waals surface area contributed by atoms with E-state index < -0.39 is 11.7 Å². The molecule has 4 atom stereocenters. The Morgan fingerprint density at radius 1 is 1.17 bits per heavy atom. The maximum Gasteiger partial charge on any atom is 0.422 e. The zero-order chi connectivity index (χ0) is 17.7. The molecule has 23 heavy (non-hydrogen) atoms. The summed E-state index contributed by atoms with van der Waals surface area (Å²) in [7, 11) is 6.50. The Morgan fingerprint density at radius 3 is 2.43 bits per heavy atom. The highest BCUT2D eigenvalue weighted by Crippen LogP contribution is 2.43. The second kappa shape index (κ2) is 8.41. The molecule has 1 amide bonds. The number of ether oxygens (including phenoxy) is 1. The van der Waals surface area contributed by atoms with Crippen LogP contribution in [-0.4, -0.2) is 25.6 Å². The van der Waals surface area contributed by atoms with Gasteiger partial charge < -0.3 is 4.74 Å². The van der Waals surface area contributed by atoms with Gasteiger partial charge in [0.2, 0.25) is 0 Å². The number of carbonyl (C=O) groups excluding carboxylic acids is 1. The summed E-state index contributed by atoms with van der Waals surface area (Å²) < 4.78 is 5.27. The van der Waals surface area contributed by atoms with Gasteiger partial charge in [-0.1, -0.05) is 45.3 Å². The fourth-order valence-corrected chi connectivity index (χ4v) is 3.24. The second-order valence-electron chi connectivity index (χ2n) is 8.56. The molecule has 132 valence electrons. The third kappa shape index (κ3) is 7.60. The van der Waals surface area contributed by atoms with Gasteiger partial charge >= 0.3 is 6.09 Å². The van der Waals surface area contributed by atoms with Crippen LogP contribution in [0.5, 0.6) is 0 Å². The molecule has 0 bridgehead atoms. The van der Waals surface area contributed by atoms with E-state index in [1.54, 1.807) is 0 Å². The molecule has 1 aliphatic carbocycles. The van der Waals surface area contributed by atoms with Crippen LogP contribution >= 0.6 is 0 Å². The van der Waals surface area contributed by atoms with E-state index in [9.17, 15) is 4.79 Å². The maximum atomic E-state index is 11.8. The van der Waals surface area contributed by atoms with Crippen molar-refractivity contribution in [3.8, 4) is 0 Å². The molecule has 0 aromatic heterocycles. The Labute approximate surface area is 143 Å². The zero-order valence-electron chi connectivity index (χ0n) is 15.9. The molecule has 1 saturated carbocycles. The Bertz CT molecular complexity index is 380. The summed E-state index contributed by atoms with van der Waals surface area (Å²) in [5.74, 6) is 1.08. The van der Waals surface area contributed by atoms with E-state index in [-0.39, 0.29) is 5.31 Å². The van der Waals surface area contributed by atoms with Gasteiger partial charge in [0.05, 0.1) is 7.85 Å². The number of carbonyl (C=O) groups is 1. The lowest BCUT2D eigenvalue weighted by atomic mass is 9.56. The van der Waals surface area contributed by atoms with E-state index in [0.29, 0.717) is 17.9 Å². The minimum atomic E-state index is -0.475. The largest absolute Gasteiger partial charge is 0.443 e. The van der Waals surface area contributed by atoms with Crippen LogP contribution in [-0.2, 0) is 4.74 Å². The highest BCUT2D eigenvalue weighted by atomic mass is 16.6. The lowest BCUT2D eigenvalue weighted by Crippen LogP contribution is -2.46. The van der Waals surface area contributed by atoms with Gasteiger partial charge in [-0.15, -0.1) is 0 Å². The SMILES string of the molecule is [B]C1(C)CCCCC(NNC(=O)OC(C)(C)C)CCC(C)C1C. The van der Waals surface area contributed by atoms with Gasteiger partial charge in [-0.3, -0.25) is 5.43 Å². The van der Waals surface area contributed by atoms with Crippen LogP contribution in [0.15, 0.2) is 0 Å². The summed E-state index contributed by atoms with van der Waals surface area (Å²) in [6.45, 7) is 12.3. The number of amides is 1. The van der Waals surface area contributed by atoms with E-state index in [1.807, 2.05) is 20.8 Å². The molecule has 2 N–H and O–H groups in total. The smallest absolute Gasteiger partial charge is 0.422 e. The van der Waals surface area contributed by atoms with Gasteiger partial charge in [-0.05, 0) is 51.9 Å². The molecule has 4 nitrogen and oxygen atoms in total. The normalized spacial score (nSPS) is 33.7. The van der Waals surface area contributed by atoms with Gasteiger partial charge in [0, 0.05) is 6.04 Å². The first-order chi connectivity index (χ1) is 10.5. The molecule has 0 heterocycles. The number of nitrogens with one attached hydrogen (secondary N) is 2. The van der Waals surface area contributed by atoms with E-state index in [2.05, 4.69) is 31.6 Å². The molecule has 0 aliphatic heterocycles. The summed E-state index contributed by atoms with van der Waals surface area (Å²) in [5, 5.41) is -0.0750. The van der Waals surface area contributed by atoms with Crippen LogP contribution in [0.4, 0.5) is 4.79 Å². The highest BCUT2D eigenvalue weighted by Gasteiger charge is 2.30. The summed E-state index contributed by atoms with van der Waals surface area (Å²) >= 11 is 0. The van der Waals surface area contributed by atoms with Gasteiger partial charge in [0.15, 0.2) is 0 Å². The Hall–Kier alpha value is -0.705. The number of hydrogen-bond acceptors (Lipinski definition) is 3. The first-order valence-electron chi connectivity index (χ1n) is 9.04. The maximum absolute atomic E-state index is 11.8. The van der Waals surface area contributed by atoms with Crippen LogP contribution < -0.4 is 10.9 Å². The van der Waals surface area contributed by atoms with Crippen molar-refractivity contribution in [1.29, 1.82) is 0 Å². The summed E-state index contributed by atoms with van der Waals surface area (Å²) in [6, 6.07) is 0.291. The van der Waals surface area contributed by atoms with Crippen LogP contribution in [0.2, 0.25) is 5.31 Å². The average Bonchev–Trinajstić information content (AvgIpc) is 2.41. The van der Waals surface area contributed by atoms with E-state index >= 15 is 0 Å². The van der Waals surface area contributed by atoms with E-state index in [1.165, 1.54) is 0 Å². The van der Waals surface area contributed by atoms with Gasteiger partial charge in [-0.2, -0.15) is 0 Å². The van der Waals surface area contributed by atoms with E-state index in [0.717, 1.165) is 38.5 Å². The molecule has 1 aliphatic rings. The molecule has 1 fully saturated rings. The minimum Gasteiger partial charge on any atom is -0.443 e. The monoisotopic (exact) mass is 322 g/mol. The number of rotatable bonds is 2. The van der Waals surface area contributed by atoms with Crippen LogP contribution in [0.3, 0.4) is 0 Å². The highest BCUT2D eigenvalue weighted by molar-refractivity contribution is 6.15. The third-order valence-electron chi connectivity index (χ3n) is 5.16. The number of hydrogen-bond donors (Lipinski definition) is 2. The topological polar surface area (TPSA) is 50.4 Å². The molecule has 4 unspecified atom stereocenters. The van der Waals surface area contributed by atoms with Crippen molar-refractivity contribution in [2.75, 3.05) is 0 Å². The predicted octanol–water partition coefficient (Wildman–Crippen LogP) is 4.36. The second-order valence-corrected chi connectivity index (χ2v) is 8.56. The first-order valence-corrected chi connectivity index (χ1v) is 9.04. The Kier molecular flexibility index (Phi) is 7.44. The van der Waals surface area contributed by atoms with Crippen molar-refractivity contribution in [3.63, 3.8) is 0 Å². The predicted molar refractivity (Wildman–Crippen MR) is 96.4 cm³/mol. The van der Waals surface area contributed by atoms with Crippen LogP contribution in [0, 0.1) is 11.8 Å². The zero-order valence-corrected chi connectivity index (χ0v) is 15.9. The molecule has 0 aromatic rings. The Balaban J connectivity index is 2.50. The lowest BCUT2D eigenvalue weighted by Gasteiger charge is -2.38. The summed E-state index contributed by atoms with van der Waals surface area (Å²) in [5.41, 5.74) is 5.39. The molecule has 1 rings (SSSR count). The average molecular weight is 322 g/mol. The molecule has 0 aromatic carbocycles. The van der Waals surface area contributed by atoms with Crippen molar-refractivity contribution in [2.24, 2.45) is 11.8 Å². The van der Waals surface area contributed by atoms with E-state index in [4.69, 9.17) is 12.6 Å². The molecular weight excluding hydrogens is 287 g/mol. The van der Waals surface area contributed by atoms with Gasteiger partial charge in [-0.25, -0.2) is 10.2 Å². The van der Waals surface area contributed by atoms with Gasteiger partial charge in [0.25, 0.3) is 0 Å². The lowest BCUT2D eigenvalue weighted by molar-refractivity contribution is 0.0483. The fraction of sp³-hybridized carbons (Fsp3) is 0.944. The van der Waals surface area contributed by atoms with Crippen LogP contribution in [0.25, 0.3) is 0 Å². The molecule has 0 saturated heterocycles. The third-order valence-corrected chi connectivity index (χ3v) is 5.16. The fourth-order valence-electron chi connectivity index (χ4n) is 3.24. The molecule has 2 radical (unpaired) electrons. The van der Waals surface area contributed by atoms with Crippen LogP contribution in [0.1, 0.15) is 80.1 Å². The molecule has 5 heteroatoms. The van der Waals surface area contributed by atoms with Gasteiger partial charge in [0.1, 0.15) is 5.60 Å².